The first-order valence-electron chi connectivity index (χ1n) is 8.60. The summed E-state index contributed by atoms with van der Waals surface area (Å²) >= 11 is 0. The maximum Gasteiger partial charge on any atom is 0.129 e. The molecule has 1 aromatic heterocycles. The van der Waals surface area contributed by atoms with Crippen LogP contribution in [0.2, 0.25) is 0 Å². The number of benzene rings is 2. The molecule has 2 nitrogen and oxygen atoms in total. The van der Waals surface area contributed by atoms with Crippen LogP contribution in [0.5, 0.6) is 0 Å². The summed E-state index contributed by atoms with van der Waals surface area (Å²) in [7, 11) is 0. The van der Waals surface area contributed by atoms with Gasteiger partial charge in [0.1, 0.15) is 5.82 Å². The van der Waals surface area contributed by atoms with E-state index in [-0.39, 0.29) is 6.04 Å². The van der Waals surface area contributed by atoms with Crippen molar-refractivity contribution in [3.05, 3.63) is 95.7 Å². The molecule has 1 heterocycles. The summed E-state index contributed by atoms with van der Waals surface area (Å²) in [5.74, 6) is 0.978. The fraction of sp³-hybridized carbons (Fsp3) is 0.227. The third-order valence-corrected chi connectivity index (χ3v) is 4.32. The summed E-state index contributed by atoms with van der Waals surface area (Å²) in [6.07, 6.45) is 5.17. The van der Waals surface area contributed by atoms with E-state index in [9.17, 15) is 0 Å². The minimum Gasteiger partial charge on any atom is -0.363 e. The SMILES string of the molecule is Cc1cccnc1NC(CCCc1ccccc1)c1ccccc1. The molecule has 0 aliphatic carbocycles. The van der Waals surface area contributed by atoms with Crippen molar-refractivity contribution in [3.8, 4) is 0 Å². The molecule has 3 rings (SSSR count). The van der Waals surface area contributed by atoms with Gasteiger partial charge in [-0.15, -0.1) is 0 Å². The molecule has 0 saturated carbocycles. The lowest BCUT2D eigenvalue weighted by Gasteiger charge is -2.21. The Kier molecular flexibility index (Phi) is 5.62. The van der Waals surface area contributed by atoms with Crippen LogP contribution in [-0.2, 0) is 6.42 Å². The number of anilines is 1. The molecule has 0 radical (unpaired) electrons. The summed E-state index contributed by atoms with van der Waals surface area (Å²) in [6, 6.07) is 25.7. The molecule has 1 N–H and O–H groups in total. The van der Waals surface area contributed by atoms with E-state index in [1.54, 1.807) is 0 Å². The van der Waals surface area contributed by atoms with Crippen molar-refractivity contribution < 1.29 is 0 Å². The minimum atomic E-state index is 0.281. The second kappa shape index (κ2) is 8.30. The van der Waals surface area contributed by atoms with Crippen molar-refractivity contribution in [3.63, 3.8) is 0 Å². The zero-order chi connectivity index (χ0) is 16.6. The normalized spacial score (nSPS) is 11.9. The third-order valence-electron chi connectivity index (χ3n) is 4.32. The van der Waals surface area contributed by atoms with Gasteiger partial charge in [0, 0.05) is 6.20 Å². The molecule has 24 heavy (non-hydrogen) atoms. The van der Waals surface area contributed by atoms with Crippen molar-refractivity contribution >= 4 is 5.82 Å². The number of pyridine rings is 1. The van der Waals surface area contributed by atoms with Crippen LogP contribution in [0.15, 0.2) is 79.0 Å². The highest BCUT2D eigenvalue weighted by Crippen LogP contribution is 2.25. The molecule has 0 amide bonds. The molecule has 0 saturated heterocycles. The fourth-order valence-electron chi connectivity index (χ4n) is 2.96. The van der Waals surface area contributed by atoms with Gasteiger partial charge in [0.25, 0.3) is 0 Å². The van der Waals surface area contributed by atoms with Gasteiger partial charge in [-0.05, 0) is 48.9 Å². The zero-order valence-electron chi connectivity index (χ0n) is 14.2. The molecule has 0 bridgehead atoms. The van der Waals surface area contributed by atoms with E-state index < -0.39 is 0 Å². The second-order valence-electron chi connectivity index (χ2n) is 6.15. The standard InChI is InChI=1S/C22H24N2/c1-18-10-9-17-23-22(18)24-21(20-14-6-3-7-15-20)16-8-13-19-11-4-2-5-12-19/h2-7,9-12,14-15,17,21H,8,13,16H2,1H3,(H,23,24). The molecule has 2 aromatic carbocycles. The summed E-state index contributed by atoms with van der Waals surface area (Å²) in [5, 5.41) is 3.64. The van der Waals surface area contributed by atoms with Crippen molar-refractivity contribution in [2.75, 3.05) is 5.32 Å². The lowest BCUT2D eigenvalue weighted by Crippen LogP contribution is -2.13. The number of aromatic nitrogens is 1. The summed E-state index contributed by atoms with van der Waals surface area (Å²) in [4.78, 5) is 4.50. The first-order valence-corrected chi connectivity index (χ1v) is 8.60. The minimum absolute atomic E-state index is 0.281. The molecular weight excluding hydrogens is 292 g/mol. The van der Waals surface area contributed by atoms with E-state index in [1.807, 2.05) is 12.3 Å². The number of nitrogens with zero attached hydrogens (tertiary/aromatic N) is 1. The van der Waals surface area contributed by atoms with Gasteiger partial charge in [-0.25, -0.2) is 4.98 Å². The van der Waals surface area contributed by atoms with Gasteiger partial charge in [0.2, 0.25) is 0 Å². The molecule has 0 aliphatic heterocycles. The van der Waals surface area contributed by atoms with E-state index in [2.05, 4.69) is 84.0 Å². The van der Waals surface area contributed by atoms with Gasteiger partial charge in [0.05, 0.1) is 6.04 Å². The predicted molar refractivity (Wildman–Crippen MR) is 101 cm³/mol. The third kappa shape index (κ3) is 4.45. The van der Waals surface area contributed by atoms with Crippen molar-refractivity contribution in [1.29, 1.82) is 0 Å². The number of nitrogens with one attached hydrogen (secondary N) is 1. The molecule has 0 fully saturated rings. The fourth-order valence-corrected chi connectivity index (χ4v) is 2.96. The molecule has 3 aromatic rings. The Labute approximate surface area is 144 Å². The second-order valence-corrected chi connectivity index (χ2v) is 6.15. The molecule has 0 spiro atoms. The Bertz CT molecular complexity index is 738. The van der Waals surface area contributed by atoms with Gasteiger partial charge in [-0.2, -0.15) is 0 Å². The Morgan fingerprint density at radius 3 is 2.29 bits per heavy atom. The largest absolute Gasteiger partial charge is 0.363 e. The highest BCUT2D eigenvalue weighted by atomic mass is 15.0. The Morgan fingerprint density at radius 2 is 1.58 bits per heavy atom. The van der Waals surface area contributed by atoms with E-state index in [0.717, 1.165) is 25.1 Å². The van der Waals surface area contributed by atoms with E-state index in [4.69, 9.17) is 0 Å². The van der Waals surface area contributed by atoms with Crippen LogP contribution in [0.25, 0.3) is 0 Å². The van der Waals surface area contributed by atoms with Crippen LogP contribution in [0.4, 0.5) is 5.82 Å². The molecule has 122 valence electrons. The van der Waals surface area contributed by atoms with Crippen molar-refractivity contribution in [2.45, 2.75) is 32.2 Å². The van der Waals surface area contributed by atoms with Gasteiger partial charge >= 0.3 is 0 Å². The van der Waals surface area contributed by atoms with Crippen molar-refractivity contribution in [2.24, 2.45) is 0 Å². The molecule has 1 unspecified atom stereocenters. The lowest BCUT2D eigenvalue weighted by molar-refractivity contribution is 0.641. The zero-order valence-corrected chi connectivity index (χ0v) is 14.2. The smallest absolute Gasteiger partial charge is 0.129 e. The molecule has 1 atom stereocenters. The van der Waals surface area contributed by atoms with Gasteiger partial charge in [0.15, 0.2) is 0 Å². The topological polar surface area (TPSA) is 24.9 Å². The quantitative estimate of drug-likeness (QED) is 0.616. The van der Waals surface area contributed by atoms with Gasteiger partial charge in [-0.1, -0.05) is 66.7 Å². The van der Waals surface area contributed by atoms with Gasteiger partial charge < -0.3 is 5.32 Å². The average Bonchev–Trinajstić information content (AvgIpc) is 2.64. The van der Waals surface area contributed by atoms with E-state index >= 15 is 0 Å². The maximum absolute atomic E-state index is 4.50. The Hall–Kier alpha value is -2.61. The number of hydrogen-bond donors (Lipinski definition) is 1. The summed E-state index contributed by atoms with van der Waals surface area (Å²) in [6.45, 7) is 2.10. The predicted octanol–water partition coefficient (Wildman–Crippen LogP) is 5.57. The number of rotatable bonds is 7. The van der Waals surface area contributed by atoms with Crippen LogP contribution in [0, 0.1) is 6.92 Å². The highest BCUT2D eigenvalue weighted by molar-refractivity contribution is 5.45. The molecule has 2 heteroatoms. The summed E-state index contributed by atoms with van der Waals surface area (Å²) in [5.41, 5.74) is 3.90. The van der Waals surface area contributed by atoms with Crippen LogP contribution in [0.1, 0.15) is 35.6 Å². The molecular formula is C22H24N2. The Morgan fingerprint density at radius 1 is 0.875 bits per heavy atom. The van der Waals surface area contributed by atoms with E-state index in [1.165, 1.54) is 16.7 Å². The maximum atomic E-state index is 4.50. The lowest BCUT2D eigenvalue weighted by atomic mass is 9.99. The monoisotopic (exact) mass is 316 g/mol. The first-order chi connectivity index (χ1) is 11.8. The van der Waals surface area contributed by atoms with Crippen LogP contribution >= 0.6 is 0 Å². The Balaban J connectivity index is 1.69. The number of hydrogen-bond acceptors (Lipinski definition) is 2. The van der Waals surface area contributed by atoms with Crippen LogP contribution in [0.3, 0.4) is 0 Å². The summed E-state index contributed by atoms with van der Waals surface area (Å²) < 4.78 is 0. The van der Waals surface area contributed by atoms with E-state index in [0.29, 0.717) is 0 Å². The van der Waals surface area contributed by atoms with Crippen LogP contribution < -0.4 is 5.32 Å². The number of aryl methyl sites for hydroxylation is 2. The van der Waals surface area contributed by atoms with Gasteiger partial charge in [-0.3, -0.25) is 0 Å². The first kappa shape index (κ1) is 16.3. The molecule has 0 aliphatic rings. The average molecular weight is 316 g/mol. The van der Waals surface area contributed by atoms with Crippen LogP contribution in [-0.4, -0.2) is 4.98 Å². The van der Waals surface area contributed by atoms with Crippen molar-refractivity contribution in [1.82, 2.24) is 4.98 Å². The highest BCUT2D eigenvalue weighted by Gasteiger charge is 2.12.